The van der Waals surface area contributed by atoms with Crippen LogP contribution in [0.3, 0.4) is 0 Å². The van der Waals surface area contributed by atoms with Crippen LogP contribution >= 0.6 is 11.8 Å². The number of hydrogen-bond donors (Lipinski definition) is 1. The number of halogens is 1. The van der Waals surface area contributed by atoms with Crippen molar-refractivity contribution >= 4 is 33.1 Å². The Hall–Kier alpha value is -2.64. The molecule has 29 heavy (non-hydrogen) atoms. The molecular formula is C22H20FNO3S2. The SMILES string of the molecule is CC(=O)c1ccc(S(C)(=O)=O)c(NCc2ccc(Sc3ccc(F)cc3)cc2)c1. The van der Waals surface area contributed by atoms with Crippen molar-refractivity contribution < 1.29 is 17.6 Å². The summed E-state index contributed by atoms with van der Waals surface area (Å²) < 4.78 is 37.1. The van der Waals surface area contributed by atoms with E-state index in [2.05, 4.69) is 5.32 Å². The monoisotopic (exact) mass is 429 g/mol. The van der Waals surface area contributed by atoms with Crippen molar-refractivity contribution in [3.63, 3.8) is 0 Å². The minimum atomic E-state index is -3.43. The highest BCUT2D eigenvalue weighted by molar-refractivity contribution is 7.99. The number of ketones is 1. The van der Waals surface area contributed by atoms with Crippen molar-refractivity contribution in [2.45, 2.75) is 28.2 Å². The molecule has 0 aliphatic rings. The van der Waals surface area contributed by atoms with Gasteiger partial charge < -0.3 is 5.32 Å². The molecular weight excluding hydrogens is 409 g/mol. The maximum atomic E-state index is 13.0. The van der Waals surface area contributed by atoms with Gasteiger partial charge in [-0.1, -0.05) is 23.9 Å². The maximum Gasteiger partial charge on any atom is 0.177 e. The molecule has 0 fully saturated rings. The first kappa shape index (κ1) is 21.1. The van der Waals surface area contributed by atoms with Crippen LogP contribution in [0.1, 0.15) is 22.8 Å². The van der Waals surface area contributed by atoms with Crippen molar-refractivity contribution in [3.05, 3.63) is 83.7 Å². The predicted octanol–water partition coefficient (Wildman–Crippen LogP) is 5.20. The van der Waals surface area contributed by atoms with Crippen LogP contribution in [0.2, 0.25) is 0 Å². The molecule has 0 atom stereocenters. The first-order valence-electron chi connectivity index (χ1n) is 8.83. The molecule has 0 aliphatic carbocycles. The van der Waals surface area contributed by atoms with Crippen molar-refractivity contribution in [2.24, 2.45) is 0 Å². The van der Waals surface area contributed by atoms with Gasteiger partial charge in [-0.05, 0) is 67.1 Å². The van der Waals surface area contributed by atoms with Gasteiger partial charge in [-0.2, -0.15) is 0 Å². The van der Waals surface area contributed by atoms with Gasteiger partial charge in [-0.3, -0.25) is 4.79 Å². The standard InChI is InChI=1S/C22H20FNO3S2/c1-15(25)17-5-12-22(29(2,26)27)21(13-17)24-14-16-3-8-19(9-4-16)28-20-10-6-18(23)7-11-20/h3-13,24H,14H2,1-2H3. The lowest BCUT2D eigenvalue weighted by atomic mass is 10.1. The number of rotatable bonds is 7. The Kier molecular flexibility index (Phi) is 6.39. The molecule has 4 nitrogen and oxygen atoms in total. The van der Waals surface area contributed by atoms with Crippen LogP contribution in [0.15, 0.2) is 81.4 Å². The Balaban J connectivity index is 1.73. The molecule has 3 rings (SSSR count). The van der Waals surface area contributed by atoms with Crippen LogP contribution in [0, 0.1) is 5.82 Å². The Morgan fingerprint density at radius 2 is 1.55 bits per heavy atom. The van der Waals surface area contributed by atoms with E-state index in [1.165, 1.54) is 43.0 Å². The molecule has 0 saturated carbocycles. The second kappa shape index (κ2) is 8.80. The Morgan fingerprint density at radius 1 is 0.966 bits per heavy atom. The number of carbonyl (C=O) groups excluding carboxylic acids is 1. The van der Waals surface area contributed by atoms with Gasteiger partial charge in [0.05, 0.1) is 10.6 Å². The first-order valence-corrected chi connectivity index (χ1v) is 11.5. The van der Waals surface area contributed by atoms with Crippen molar-refractivity contribution in [3.8, 4) is 0 Å². The lowest BCUT2D eigenvalue weighted by Crippen LogP contribution is -2.08. The maximum absolute atomic E-state index is 13.0. The quantitative estimate of drug-likeness (QED) is 0.523. The van der Waals surface area contributed by atoms with E-state index in [-0.39, 0.29) is 16.5 Å². The number of carbonyl (C=O) groups is 1. The van der Waals surface area contributed by atoms with E-state index in [0.717, 1.165) is 21.6 Å². The molecule has 3 aromatic rings. The van der Waals surface area contributed by atoms with Crippen LogP contribution < -0.4 is 5.32 Å². The van der Waals surface area contributed by atoms with E-state index < -0.39 is 9.84 Å². The minimum Gasteiger partial charge on any atom is -0.380 e. The zero-order chi connectivity index (χ0) is 21.0. The number of hydrogen-bond acceptors (Lipinski definition) is 5. The lowest BCUT2D eigenvalue weighted by molar-refractivity contribution is 0.101. The molecule has 0 heterocycles. The van der Waals surface area contributed by atoms with Crippen LogP contribution in [-0.2, 0) is 16.4 Å². The fraction of sp³-hybridized carbons (Fsp3) is 0.136. The van der Waals surface area contributed by atoms with E-state index >= 15 is 0 Å². The molecule has 1 N–H and O–H groups in total. The smallest absolute Gasteiger partial charge is 0.177 e. The second-order valence-electron chi connectivity index (χ2n) is 6.59. The number of nitrogens with one attached hydrogen (secondary N) is 1. The van der Waals surface area contributed by atoms with E-state index in [9.17, 15) is 17.6 Å². The van der Waals surface area contributed by atoms with Crippen LogP contribution in [0.4, 0.5) is 10.1 Å². The van der Waals surface area contributed by atoms with Gasteiger partial charge in [0.25, 0.3) is 0 Å². The fourth-order valence-corrected chi connectivity index (χ4v) is 4.38. The second-order valence-corrected chi connectivity index (χ2v) is 9.72. The average molecular weight is 430 g/mol. The number of sulfone groups is 1. The third-order valence-corrected chi connectivity index (χ3v) is 6.41. The molecule has 0 amide bonds. The molecule has 0 aromatic heterocycles. The summed E-state index contributed by atoms with van der Waals surface area (Å²) in [6.07, 6.45) is 1.14. The number of anilines is 1. The van der Waals surface area contributed by atoms with Crippen molar-refractivity contribution in [2.75, 3.05) is 11.6 Å². The Labute approximate surface area is 174 Å². The van der Waals surface area contributed by atoms with E-state index in [1.54, 1.807) is 18.2 Å². The van der Waals surface area contributed by atoms with Crippen LogP contribution in [0.25, 0.3) is 0 Å². The molecule has 0 aliphatic heterocycles. The summed E-state index contributed by atoms with van der Waals surface area (Å²) in [5.41, 5.74) is 1.82. The zero-order valence-electron chi connectivity index (χ0n) is 16.0. The van der Waals surface area contributed by atoms with E-state index in [4.69, 9.17) is 0 Å². The van der Waals surface area contributed by atoms with Gasteiger partial charge in [-0.15, -0.1) is 0 Å². The Morgan fingerprint density at radius 3 is 2.10 bits per heavy atom. The van der Waals surface area contributed by atoms with Crippen LogP contribution in [0.5, 0.6) is 0 Å². The third-order valence-electron chi connectivity index (χ3n) is 4.24. The van der Waals surface area contributed by atoms with Gasteiger partial charge in [-0.25, -0.2) is 12.8 Å². The van der Waals surface area contributed by atoms with E-state index in [1.807, 2.05) is 24.3 Å². The van der Waals surface area contributed by atoms with Crippen molar-refractivity contribution in [1.29, 1.82) is 0 Å². The van der Waals surface area contributed by atoms with Crippen LogP contribution in [-0.4, -0.2) is 20.5 Å². The van der Waals surface area contributed by atoms with Gasteiger partial charge >= 0.3 is 0 Å². The Bertz CT molecular complexity index is 1130. The molecule has 3 aromatic carbocycles. The van der Waals surface area contributed by atoms with Crippen molar-refractivity contribution in [1.82, 2.24) is 0 Å². The molecule has 0 unspecified atom stereocenters. The summed E-state index contributed by atoms with van der Waals surface area (Å²) in [5.74, 6) is -0.395. The van der Waals surface area contributed by atoms with Gasteiger partial charge in [0.2, 0.25) is 0 Å². The zero-order valence-corrected chi connectivity index (χ0v) is 17.6. The highest BCUT2D eigenvalue weighted by Gasteiger charge is 2.15. The van der Waals surface area contributed by atoms with E-state index in [0.29, 0.717) is 17.8 Å². The summed E-state index contributed by atoms with van der Waals surface area (Å²) in [6.45, 7) is 1.85. The van der Waals surface area contributed by atoms with Gasteiger partial charge in [0.1, 0.15) is 5.82 Å². The average Bonchev–Trinajstić information content (AvgIpc) is 2.68. The number of Topliss-reactive ketones (excluding diaryl/α,β-unsaturated/α-hetero) is 1. The normalized spacial score (nSPS) is 11.3. The topological polar surface area (TPSA) is 63.2 Å². The summed E-state index contributed by atoms with van der Waals surface area (Å²) in [6, 6.07) is 18.6. The summed E-state index contributed by atoms with van der Waals surface area (Å²) in [5, 5.41) is 3.13. The van der Waals surface area contributed by atoms with Gasteiger partial charge in [0, 0.05) is 28.2 Å². The highest BCUT2D eigenvalue weighted by atomic mass is 32.2. The first-order chi connectivity index (χ1) is 13.7. The largest absolute Gasteiger partial charge is 0.380 e. The summed E-state index contributed by atoms with van der Waals surface area (Å²) >= 11 is 1.53. The molecule has 150 valence electrons. The van der Waals surface area contributed by atoms with Gasteiger partial charge in [0.15, 0.2) is 15.6 Å². The lowest BCUT2D eigenvalue weighted by Gasteiger charge is -2.13. The minimum absolute atomic E-state index is 0.129. The predicted molar refractivity (Wildman–Crippen MR) is 114 cm³/mol. The summed E-state index contributed by atoms with van der Waals surface area (Å²) in [7, 11) is -3.43. The highest BCUT2D eigenvalue weighted by Crippen LogP contribution is 2.28. The summed E-state index contributed by atoms with van der Waals surface area (Å²) in [4.78, 5) is 13.7. The third kappa shape index (κ3) is 5.68. The molecule has 7 heteroatoms. The molecule has 0 spiro atoms. The fourth-order valence-electron chi connectivity index (χ4n) is 2.72. The molecule has 0 bridgehead atoms. The molecule has 0 saturated heterocycles. The molecule has 0 radical (unpaired) electrons. The number of benzene rings is 3.